The Balaban J connectivity index is 2.01. The molecule has 0 unspecified atom stereocenters. The zero-order valence-electron chi connectivity index (χ0n) is 13.6. The molecule has 0 fully saturated rings. The van der Waals surface area contributed by atoms with Crippen molar-refractivity contribution in [2.24, 2.45) is 0 Å². The molecule has 0 bridgehead atoms. The van der Waals surface area contributed by atoms with Gasteiger partial charge in [0.05, 0.1) is 18.0 Å². The summed E-state index contributed by atoms with van der Waals surface area (Å²) in [6.07, 6.45) is 2.06. The van der Waals surface area contributed by atoms with Crippen molar-refractivity contribution in [3.05, 3.63) is 64.6 Å². The van der Waals surface area contributed by atoms with Crippen LogP contribution in [0.25, 0.3) is 16.9 Å². The molecular weight excluding hydrogens is 304 g/mol. The van der Waals surface area contributed by atoms with Crippen LogP contribution in [0.2, 0.25) is 0 Å². The first-order valence-electron chi connectivity index (χ1n) is 7.71. The van der Waals surface area contributed by atoms with Crippen molar-refractivity contribution in [1.29, 1.82) is 0 Å². The number of aromatic nitrogens is 2. The third-order valence-corrected chi connectivity index (χ3v) is 4.33. The van der Waals surface area contributed by atoms with Crippen LogP contribution in [-0.2, 0) is 0 Å². The molecule has 0 radical (unpaired) electrons. The summed E-state index contributed by atoms with van der Waals surface area (Å²) in [5.41, 5.74) is 5.69. The van der Waals surface area contributed by atoms with Crippen LogP contribution in [0.4, 0.5) is 0 Å². The quantitative estimate of drug-likeness (QED) is 0.667. The van der Waals surface area contributed by atoms with Crippen molar-refractivity contribution < 1.29 is 4.74 Å². The Kier molecular flexibility index (Phi) is 4.35. The topological polar surface area (TPSA) is 29.9 Å². The lowest BCUT2D eigenvalue weighted by Gasteiger charge is -2.08. The summed E-state index contributed by atoms with van der Waals surface area (Å²) in [4.78, 5) is 3.29. The van der Waals surface area contributed by atoms with Gasteiger partial charge in [-0.15, -0.1) is 0 Å². The SMILES string of the molecule is CCOc1ccc(-c2cn(-c3cccc(C)c3C)c(=S)[nH]2)cc1. The van der Waals surface area contributed by atoms with Crippen LogP contribution >= 0.6 is 12.2 Å². The summed E-state index contributed by atoms with van der Waals surface area (Å²) in [5.74, 6) is 0.879. The molecule has 118 valence electrons. The van der Waals surface area contributed by atoms with Crippen molar-refractivity contribution in [2.45, 2.75) is 20.8 Å². The van der Waals surface area contributed by atoms with Crippen molar-refractivity contribution in [3.8, 4) is 22.7 Å². The van der Waals surface area contributed by atoms with Crippen LogP contribution in [0.5, 0.6) is 5.75 Å². The zero-order valence-corrected chi connectivity index (χ0v) is 14.4. The van der Waals surface area contributed by atoms with E-state index in [-0.39, 0.29) is 0 Å². The molecule has 3 rings (SSSR count). The molecule has 0 aliphatic rings. The third-order valence-electron chi connectivity index (χ3n) is 4.03. The van der Waals surface area contributed by atoms with Crippen LogP contribution in [0.15, 0.2) is 48.7 Å². The first kappa shape index (κ1) is 15.6. The lowest BCUT2D eigenvalue weighted by molar-refractivity contribution is 0.340. The number of aromatic amines is 1. The van der Waals surface area contributed by atoms with E-state index < -0.39 is 0 Å². The highest BCUT2D eigenvalue weighted by molar-refractivity contribution is 7.71. The average Bonchev–Trinajstić information content (AvgIpc) is 2.93. The minimum absolute atomic E-state index is 0.671. The summed E-state index contributed by atoms with van der Waals surface area (Å²) in [7, 11) is 0. The van der Waals surface area contributed by atoms with Gasteiger partial charge in [0.2, 0.25) is 0 Å². The highest BCUT2D eigenvalue weighted by Gasteiger charge is 2.08. The molecule has 0 atom stereocenters. The molecule has 23 heavy (non-hydrogen) atoms. The zero-order chi connectivity index (χ0) is 16.4. The van der Waals surface area contributed by atoms with Gasteiger partial charge in [-0.05, 0) is 80.0 Å². The van der Waals surface area contributed by atoms with Crippen LogP contribution in [0.3, 0.4) is 0 Å². The second-order valence-corrected chi connectivity index (χ2v) is 5.91. The summed E-state index contributed by atoms with van der Waals surface area (Å²) < 4.78 is 8.22. The first-order chi connectivity index (χ1) is 11.1. The van der Waals surface area contributed by atoms with E-state index in [1.165, 1.54) is 11.1 Å². The van der Waals surface area contributed by atoms with E-state index in [1.54, 1.807) is 0 Å². The lowest BCUT2D eigenvalue weighted by atomic mass is 10.1. The number of benzene rings is 2. The highest BCUT2D eigenvalue weighted by Crippen LogP contribution is 2.24. The molecule has 1 aromatic heterocycles. The van der Waals surface area contributed by atoms with Crippen molar-refractivity contribution in [3.63, 3.8) is 0 Å². The van der Waals surface area contributed by atoms with Crippen LogP contribution < -0.4 is 4.74 Å². The number of rotatable bonds is 4. The van der Waals surface area contributed by atoms with Gasteiger partial charge in [-0.1, -0.05) is 12.1 Å². The molecule has 0 amide bonds. The van der Waals surface area contributed by atoms with E-state index in [4.69, 9.17) is 17.0 Å². The number of hydrogen-bond acceptors (Lipinski definition) is 2. The Morgan fingerprint density at radius 3 is 2.52 bits per heavy atom. The second-order valence-electron chi connectivity index (χ2n) is 5.52. The smallest absolute Gasteiger partial charge is 0.182 e. The first-order valence-corrected chi connectivity index (χ1v) is 8.12. The lowest BCUT2D eigenvalue weighted by Crippen LogP contribution is -1.96. The number of imidazole rings is 1. The van der Waals surface area contributed by atoms with Gasteiger partial charge >= 0.3 is 0 Å². The fourth-order valence-corrected chi connectivity index (χ4v) is 2.88. The Morgan fingerprint density at radius 2 is 1.83 bits per heavy atom. The summed E-state index contributed by atoms with van der Waals surface area (Å²) >= 11 is 5.51. The Morgan fingerprint density at radius 1 is 1.09 bits per heavy atom. The van der Waals surface area contributed by atoms with Crippen LogP contribution in [0.1, 0.15) is 18.1 Å². The fraction of sp³-hybridized carbons (Fsp3) is 0.211. The fourth-order valence-electron chi connectivity index (χ4n) is 2.62. The largest absolute Gasteiger partial charge is 0.494 e. The number of ether oxygens (including phenoxy) is 1. The normalized spacial score (nSPS) is 10.7. The standard InChI is InChI=1S/C19H20N2OS/c1-4-22-16-10-8-15(9-11-16)17-12-21(19(23)20-17)18-7-5-6-13(2)14(18)3/h5-12H,4H2,1-3H3,(H,20,23). The van der Waals surface area contributed by atoms with Gasteiger partial charge < -0.3 is 9.72 Å². The second kappa shape index (κ2) is 6.42. The minimum Gasteiger partial charge on any atom is -0.494 e. The van der Waals surface area contributed by atoms with Gasteiger partial charge in [0.15, 0.2) is 4.77 Å². The molecule has 0 aliphatic carbocycles. The van der Waals surface area contributed by atoms with E-state index in [0.717, 1.165) is 22.7 Å². The van der Waals surface area contributed by atoms with Crippen molar-refractivity contribution in [2.75, 3.05) is 6.61 Å². The van der Waals surface area contributed by atoms with Gasteiger partial charge in [-0.3, -0.25) is 4.57 Å². The van der Waals surface area contributed by atoms with E-state index in [2.05, 4.69) is 43.2 Å². The van der Waals surface area contributed by atoms with Crippen molar-refractivity contribution in [1.82, 2.24) is 9.55 Å². The maximum Gasteiger partial charge on any atom is 0.182 e. The molecule has 3 nitrogen and oxygen atoms in total. The highest BCUT2D eigenvalue weighted by atomic mass is 32.1. The maximum atomic E-state index is 5.51. The van der Waals surface area contributed by atoms with E-state index in [1.807, 2.05) is 35.8 Å². The van der Waals surface area contributed by atoms with E-state index in [0.29, 0.717) is 11.4 Å². The number of aryl methyl sites for hydroxylation is 1. The van der Waals surface area contributed by atoms with Gasteiger partial charge in [0.25, 0.3) is 0 Å². The summed E-state index contributed by atoms with van der Waals surface area (Å²) in [5, 5.41) is 0. The van der Waals surface area contributed by atoms with Gasteiger partial charge in [-0.25, -0.2) is 0 Å². The Labute approximate surface area is 141 Å². The number of H-pyrrole nitrogens is 1. The maximum absolute atomic E-state index is 5.51. The monoisotopic (exact) mass is 324 g/mol. The van der Waals surface area contributed by atoms with Gasteiger partial charge in [0, 0.05) is 6.20 Å². The predicted molar refractivity (Wildman–Crippen MR) is 97.0 cm³/mol. The minimum atomic E-state index is 0.671. The molecule has 0 aliphatic heterocycles. The molecular formula is C19H20N2OS. The third kappa shape index (κ3) is 3.08. The summed E-state index contributed by atoms with van der Waals surface area (Å²) in [6, 6.07) is 14.3. The van der Waals surface area contributed by atoms with Gasteiger partial charge in [-0.2, -0.15) is 0 Å². The summed E-state index contributed by atoms with van der Waals surface area (Å²) in [6.45, 7) is 6.89. The number of nitrogens with zero attached hydrogens (tertiary/aromatic N) is 1. The Hall–Kier alpha value is -2.33. The molecule has 0 saturated heterocycles. The van der Waals surface area contributed by atoms with Gasteiger partial charge in [0.1, 0.15) is 5.75 Å². The molecule has 0 spiro atoms. The van der Waals surface area contributed by atoms with Crippen LogP contribution in [0, 0.1) is 18.6 Å². The van der Waals surface area contributed by atoms with E-state index in [9.17, 15) is 0 Å². The molecule has 0 saturated carbocycles. The number of nitrogens with one attached hydrogen (secondary N) is 1. The number of hydrogen-bond donors (Lipinski definition) is 1. The van der Waals surface area contributed by atoms with Crippen LogP contribution in [-0.4, -0.2) is 16.2 Å². The Bertz CT molecular complexity index is 875. The molecule has 1 N–H and O–H groups in total. The molecule has 3 aromatic rings. The molecule has 4 heteroatoms. The van der Waals surface area contributed by atoms with Crippen molar-refractivity contribution >= 4 is 12.2 Å². The molecule has 1 heterocycles. The average molecular weight is 324 g/mol. The molecule has 2 aromatic carbocycles. The predicted octanol–water partition coefficient (Wildman–Crippen LogP) is 5.22. The van der Waals surface area contributed by atoms with E-state index >= 15 is 0 Å².